The van der Waals surface area contributed by atoms with Gasteiger partial charge in [0.2, 0.25) is 0 Å². The number of hydrogen-bond acceptors (Lipinski definition) is 5. The van der Waals surface area contributed by atoms with E-state index in [-0.39, 0.29) is 18.2 Å². The molecule has 0 bridgehead atoms. The van der Waals surface area contributed by atoms with Gasteiger partial charge < -0.3 is 9.64 Å². The number of likely N-dealkylation sites (tertiary alicyclic amines) is 1. The molecular weight excluding hydrogens is 284 g/mol. The molecule has 0 unspecified atom stereocenters. The van der Waals surface area contributed by atoms with Gasteiger partial charge >= 0.3 is 16.4 Å². The molecule has 20 heavy (non-hydrogen) atoms. The van der Waals surface area contributed by atoms with Crippen molar-refractivity contribution in [2.75, 3.05) is 20.2 Å². The first-order valence-corrected chi connectivity index (χ1v) is 8.44. The minimum Gasteiger partial charge on any atom is -0.446 e. The molecule has 1 saturated carbocycles. The van der Waals surface area contributed by atoms with E-state index >= 15 is 0 Å². The highest BCUT2D eigenvalue weighted by atomic mass is 32.2. The minimum absolute atomic E-state index is 0.0622. The van der Waals surface area contributed by atoms with E-state index in [0.717, 1.165) is 32.8 Å². The Bertz CT molecular complexity index is 425. The Kier molecular flexibility index (Phi) is 5.22. The molecule has 1 saturated heterocycles. The molecule has 1 amide bonds. The van der Waals surface area contributed by atoms with Crippen LogP contribution in [0.1, 0.15) is 38.5 Å². The lowest BCUT2D eigenvalue weighted by atomic mass is 10.1. The Morgan fingerprint density at radius 2 is 1.75 bits per heavy atom. The molecule has 0 aromatic rings. The normalized spacial score (nSPS) is 22.1. The third-order valence-electron chi connectivity index (χ3n) is 3.85. The second-order valence-electron chi connectivity index (χ2n) is 5.29. The number of carbonyl (C=O) groups excluding carboxylic acids is 1. The van der Waals surface area contributed by atoms with Gasteiger partial charge in [0.1, 0.15) is 6.10 Å². The van der Waals surface area contributed by atoms with Crippen LogP contribution in [-0.4, -0.2) is 51.8 Å². The fraction of sp³-hybridized carbons (Fsp3) is 0.917. The molecule has 8 heteroatoms. The van der Waals surface area contributed by atoms with Crippen LogP contribution in [0.5, 0.6) is 0 Å². The number of hydrogen-bond donors (Lipinski definition) is 1. The van der Waals surface area contributed by atoms with Crippen LogP contribution in [0.4, 0.5) is 4.79 Å². The summed E-state index contributed by atoms with van der Waals surface area (Å²) in [6.07, 6.45) is 5.09. The second-order valence-corrected chi connectivity index (χ2v) is 6.77. The van der Waals surface area contributed by atoms with E-state index in [1.54, 1.807) is 4.90 Å². The maximum atomic E-state index is 11.9. The van der Waals surface area contributed by atoms with E-state index in [2.05, 4.69) is 8.91 Å². The Labute approximate surface area is 119 Å². The standard InChI is InChI=1S/C12H22N2O5S/c1-18-20(16,17)13-10-6-8-14(9-7-10)12(15)19-11-4-2-3-5-11/h10-11,13H,2-9H2,1H3. The number of amides is 1. The van der Waals surface area contributed by atoms with Crippen LogP contribution in [0.2, 0.25) is 0 Å². The number of rotatable bonds is 4. The molecule has 2 fully saturated rings. The van der Waals surface area contributed by atoms with Crippen molar-refractivity contribution in [3.63, 3.8) is 0 Å². The molecule has 2 aliphatic rings. The molecule has 1 heterocycles. The van der Waals surface area contributed by atoms with Crippen molar-refractivity contribution >= 4 is 16.4 Å². The molecule has 0 aromatic carbocycles. The highest BCUT2D eigenvalue weighted by Gasteiger charge is 2.28. The first kappa shape index (κ1) is 15.5. The van der Waals surface area contributed by atoms with Gasteiger partial charge in [-0.3, -0.25) is 4.18 Å². The van der Waals surface area contributed by atoms with E-state index in [1.165, 1.54) is 0 Å². The third-order valence-corrected chi connectivity index (χ3v) is 4.91. The number of ether oxygens (including phenoxy) is 1. The van der Waals surface area contributed by atoms with Gasteiger partial charge in [-0.05, 0) is 38.5 Å². The molecule has 1 N–H and O–H groups in total. The van der Waals surface area contributed by atoms with E-state index in [0.29, 0.717) is 25.9 Å². The topological polar surface area (TPSA) is 84.9 Å². The average Bonchev–Trinajstić information content (AvgIpc) is 2.92. The summed E-state index contributed by atoms with van der Waals surface area (Å²) < 4.78 is 34.8. The Balaban J connectivity index is 1.74. The quantitative estimate of drug-likeness (QED) is 0.838. The molecule has 0 radical (unpaired) electrons. The first-order chi connectivity index (χ1) is 9.50. The van der Waals surface area contributed by atoms with Crippen molar-refractivity contribution in [3.8, 4) is 0 Å². The van der Waals surface area contributed by atoms with Crippen molar-refractivity contribution in [2.24, 2.45) is 0 Å². The summed E-state index contributed by atoms with van der Waals surface area (Å²) in [5.41, 5.74) is 0. The van der Waals surface area contributed by atoms with Crippen molar-refractivity contribution in [1.29, 1.82) is 0 Å². The van der Waals surface area contributed by atoms with Crippen LogP contribution in [0.15, 0.2) is 0 Å². The molecule has 1 aliphatic heterocycles. The average molecular weight is 306 g/mol. The highest BCUT2D eigenvalue weighted by molar-refractivity contribution is 7.84. The summed E-state index contributed by atoms with van der Waals surface area (Å²) >= 11 is 0. The summed E-state index contributed by atoms with van der Waals surface area (Å²) in [4.78, 5) is 13.6. The lowest BCUT2D eigenvalue weighted by Gasteiger charge is -2.32. The minimum atomic E-state index is -3.66. The van der Waals surface area contributed by atoms with Crippen LogP contribution >= 0.6 is 0 Å². The number of nitrogens with zero attached hydrogens (tertiary/aromatic N) is 1. The van der Waals surface area contributed by atoms with Gasteiger partial charge in [-0.15, -0.1) is 0 Å². The SMILES string of the molecule is COS(=O)(=O)NC1CCN(C(=O)OC2CCCC2)CC1. The predicted molar refractivity (Wildman–Crippen MR) is 72.4 cm³/mol. The summed E-state index contributed by atoms with van der Waals surface area (Å²) in [6.45, 7) is 1.00. The summed E-state index contributed by atoms with van der Waals surface area (Å²) in [5, 5.41) is 0. The van der Waals surface area contributed by atoms with Crippen molar-refractivity contribution < 1.29 is 22.1 Å². The zero-order valence-electron chi connectivity index (χ0n) is 11.7. The largest absolute Gasteiger partial charge is 0.446 e. The molecular formula is C12H22N2O5S. The highest BCUT2D eigenvalue weighted by Crippen LogP contribution is 2.22. The van der Waals surface area contributed by atoms with E-state index < -0.39 is 10.3 Å². The summed E-state index contributed by atoms with van der Waals surface area (Å²) in [7, 11) is -2.54. The maximum Gasteiger partial charge on any atom is 0.410 e. The lowest BCUT2D eigenvalue weighted by molar-refractivity contribution is 0.0582. The lowest BCUT2D eigenvalue weighted by Crippen LogP contribution is -2.47. The molecule has 0 atom stereocenters. The molecule has 116 valence electrons. The number of carbonyl (C=O) groups is 1. The van der Waals surface area contributed by atoms with Gasteiger partial charge in [0, 0.05) is 19.1 Å². The fourth-order valence-electron chi connectivity index (χ4n) is 2.66. The molecule has 2 rings (SSSR count). The van der Waals surface area contributed by atoms with Crippen LogP contribution in [0.25, 0.3) is 0 Å². The Morgan fingerprint density at radius 1 is 1.15 bits per heavy atom. The Morgan fingerprint density at radius 3 is 2.30 bits per heavy atom. The maximum absolute atomic E-state index is 11.9. The first-order valence-electron chi connectivity index (χ1n) is 7.03. The van der Waals surface area contributed by atoms with Gasteiger partial charge in [-0.1, -0.05) is 0 Å². The number of piperidine rings is 1. The van der Waals surface area contributed by atoms with Crippen molar-refractivity contribution in [1.82, 2.24) is 9.62 Å². The van der Waals surface area contributed by atoms with Crippen LogP contribution in [0, 0.1) is 0 Å². The molecule has 7 nitrogen and oxygen atoms in total. The molecule has 0 spiro atoms. The van der Waals surface area contributed by atoms with E-state index in [4.69, 9.17) is 4.74 Å². The Hall–Kier alpha value is -0.860. The van der Waals surface area contributed by atoms with E-state index in [1.807, 2.05) is 0 Å². The second kappa shape index (κ2) is 6.73. The monoisotopic (exact) mass is 306 g/mol. The third kappa shape index (κ3) is 4.32. The van der Waals surface area contributed by atoms with E-state index in [9.17, 15) is 13.2 Å². The molecule has 0 aromatic heterocycles. The smallest absolute Gasteiger partial charge is 0.410 e. The van der Waals surface area contributed by atoms with Gasteiger partial charge in [-0.2, -0.15) is 13.1 Å². The molecule has 1 aliphatic carbocycles. The fourth-order valence-corrected chi connectivity index (χ4v) is 3.40. The number of nitrogens with one attached hydrogen (secondary N) is 1. The van der Waals surface area contributed by atoms with Crippen LogP contribution in [0.3, 0.4) is 0 Å². The van der Waals surface area contributed by atoms with Gasteiger partial charge in [0.15, 0.2) is 0 Å². The van der Waals surface area contributed by atoms with Crippen LogP contribution < -0.4 is 4.72 Å². The van der Waals surface area contributed by atoms with Gasteiger partial charge in [-0.25, -0.2) is 4.79 Å². The zero-order chi connectivity index (χ0) is 14.6. The van der Waals surface area contributed by atoms with Crippen molar-refractivity contribution in [3.05, 3.63) is 0 Å². The van der Waals surface area contributed by atoms with Crippen molar-refractivity contribution in [2.45, 2.75) is 50.7 Å². The van der Waals surface area contributed by atoms with Gasteiger partial charge in [0.25, 0.3) is 0 Å². The van der Waals surface area contributed by atoms with Crippen LogP contribution in [-0.2, 0) is 19.2 Å². The summed E-state index contributed by atoms with van der Waals surface area (Å²) in [5.74, 6) is 0. The van der Waals surface area contributed by atoms with Gasteiger partial charge in [0.05, 0.1) is 7.11 Å². The predicted octanol–water partition coefficient (Wildman–Crippen LogP) is 1.01. The summed E-state index contributed by atoms with van der Waals surface area (Å²) in [6, 6.07) is -0.185. The zero-order valence-corrected chi connectivity index (χ0v) is 12.5.